The van der Waals surface area contributed by atoms with E-state index in [4.69, 9.17) is 18.9 Å². The molecule has 0 unspecified atom stereocenters. The molecule has 0 bridgehead atoms. The smallest absolute Gasteiger partial charge is 0.306 e. The number of anilines is 6. The standard InChI is InChI=1S/C39H43NO4.C20H17N.C19H27BrO4/c1-39(2,3)44-38(42)19-13-5-4-6-14-28-43-37-29-32(22-25-33(37)30-41)21-20-31-23-26-36(27-24-31)40(34-15-9-7-10-16-34)35-17-11-8-12-18-35;1-2-17-13-15-20(16-14-17)21(18-9-5-3-6-10-18)19-11-7-4-8-12-19;1-19(2,3)24-18(22)9-7-5-4-6-8-12-23-17-13-16(20)11-10-15(17)14-21/h7-12,15-18,20-27,29-30H,4-6,13-14,19,28H2,1-3H3;2-16H,1H2;10-11,13-14H,4-9,12H2,1-3H3/b21-20+;;. The van der Waals surface area contributed by atoms with Gasteiger partial charge in [-0.2, -0.15) is 0 Å². The Morgan fingerprint density at radius 2 is 0.730 bits per heavy atom. The number of nitrogens with zero attached hydrogens (tertiary/aromatic N) is 2. The first-order valence-electron chi connectivity index (χ1n) is 30.9. The monoisotopic (exact) mass is 1260 g/mol. The summed E-state index contributed by atoms with van der Waals surface area (Å²) in [5.74, 6) is 0.959. The largest absolute Gasteiger partial charge is 0.493 e. The summed E-state index contributed by atoms with van der Waals surface area (Å²) in [6.45, 7) is 16.2. The lowest BCUT2D eigenvalue weighted by Gasteiger charge is -2.25. The normalized spacial score (nSPS) is 11.0. The molecule has 8 aromatic carbocycles. The van der Waals surface area contributed by atoms with Crippen LogP contribution in [0.25, 0.3) is 18.2 Å². The molecule has 0 aromatic heterocycles. The minimum Gasteiger partial charge on any atom is -0.493 e. The van der Waals surface area contributed by atoms with Gasteiger partial charge in [-0.1, -0.05) is 182 Å². The van der Waals surface area contributed by atoms with Crippen molar-refractivity contribution in [1.29, 1.82) is 0 Å². The third-order valence-electron chi connectivity index (χ3n) is 13.7. The molecule has 0 saturated carbocycles. The SMILES string of the molecule is C=Cc1ccc(N(c2ccccc2)c2ccccc2)cc1.CC(C)(C)OC(=O)CCCCCCCOc1cc(/C=C/c2ccc(N(c3ccccc3)c3ccccc3)cc2)ccc1C=O.CC(C)(C)OC(=O)CCCCCCCOc1cc(Br)ccc1C=O. The van der Waals surface area contributed by atoms with Crippen LogP contribution in [-0.2, 0) is 19.1 Å². The number of hydrogen-bond donors (Lipinski definition) is 0. The van der Waals surface area contributed by atoms with Gasteiger partial charge in [0.05, 0.1) is 24.3 Å². The number of unbranched alkanes of at least 4 members (excludes halogenated alkanes) is 8. The molecule has 0 heterocycles. The lowest BCUT2D eigenvalue weighted by atomic mass is 10.1. The molecule has 0 saturated heterocycles. The Morgan fingerprint density at radius 1 is 0.404 bits per heavy atom. The molecule has 0 aliphatic rings. The highest BCUT2D eigenvalue weighted by Gasteiger charge is 2.18. The van der Waals surface area contributed by atoms with Crippen LogP contribution in [0.15, 0.2) is 217 Å². The molecule has 0 atom stereocenters. The zero-order valence-electron chi connectivity index (χ0n) is 52.7. The van der Waals surface area contributed by atoms with Crippen molar-refractivity contribution >= 4 is 92.8 Å². The number of benzene rings is 8. The number of aldehydes is 2. The first kappa shape index (κ1) is 69.3. The summed E-state index contributed by atoms with van der Waals surface area (Å²) in [7, 11) is 0. The van der Waals surface area contributed by atoms with E-state index in [9.17, 15) is 19.2 Å². The van der Waals surface area contributed by atoms with Crippen LogP contribution in [0.2, 0.25) is 0 Å². The van der Waals surface area contributed by atoms with E-state index in [0.29, 0.717) is 48.7 Å². The van der Waals surface area contributed by atoms with Gasteiger partial charge >= 0.3 is 11.9 Å². The molecular formula is C78H87BrN2O8. The maximum absolute atomic E-state index is 11.8. The van der Waals surface area contributed by atoms with Crippen LogP contribution in [0.1, 0.15) is 156 Å². The van der Waals surface area contributed by atoms with Crippen molar-refractivity contribution in [2.45, 2.75) is 130 Å². The summed E-state index contributed by atoms with van der Waals surface area (Å²) in [4.78, 5) is 50.4. The topological polar surface area (TPSA) is 112 Å². The second-order valence-corrected chi connectivity index (χ2v) is 24.3. The van der Waals surface area contributed by atoms with Gasteiger partial charge in [-0.25, -0.2) is 0 Å². The Balaban J connectivity index is 0.000000235. The van der Waals surface area contributed by atoms with Gasteiger partial charge in [0.25, 0.3) is 0 Å². The molecule has 0 radical (unpaired) electrons. The van der Waals surface area contributed by atoms with Gasteiger partial charge in [0.2, 0.25) is 0 Å². The maximum atomic E-state index is 11.8. The summed E-state index contributed by atoms with van der Waals surface area (Å²) in [5, 5.41) is 0. The highest BCUT2D eigenvalue weighted by atomic mass is 79.9. The third-order valence-corrected chi connectivity index (χ3v) is 14.2. The Hall–Kier alpha value is -8.80. The van der Waals surface area contributed by atoms with E-state index in [0.717, 1.165) is 132 Å². The quantitative estimate of drug-likeness (QED) is 0.0194. The van der Waals surface area contributed by atoms with Crippen LogP contribution in [-0.4, -0.2) is 48.9 Å². The number of rotatable bonds is 29. The van der Waals surface area contributed by atoms with E-state index in [2.05, 4.69) is 160 Å². The second kappa shape index (κ2) is 37.1. The number of ether oxygens (including phenoxy) is 4. The van der Waals surface area contributed by atoms with Crippen LogP contribution in [0.5, 0.6) is 11.5 Å². The van der Waals surface area contributed by atoms with E-state index < -0.39 is 11.2 Å². The number of hydrogen-bond acceptors (Lipinski definition) is 10. The molecule has 8 aromatic rings. The molecule has 0 aliphatic carbocycles. The zero-order chi connectivity index (χ0) is 63.7. The number of carbonyl (C=O) groups excluding carboxylic acids is 4. The van der Waals surface area contributed by atoms with Crippen molar-refractivity contribution in [3.8, 4) is 11.5 Å². The van der Waals surface area contributed by atoms with Crippen LogP contribution < -0.4 is 19.3 Å². The van der Waals surface area contributed by atoms with Crippen molar-refractivity contribution in [1.82, 2.24) is 0 Å². The van der Waals surface area contributed by atoms with Crippen LogP contribution in [0, 0.1) is 0 Å². The molecule has 0 aliphatic heterocycles. The predicted octanol–water partition coefficient (Wildman–Crippen LogP) is 21.3. The number of para-hydroxylation sites is 4. The fourth-order valence-electron chi connectivity index (χ4n) is 9.45. The van der Waals surface area contributed by atoms with Crippen molar-refractivity contribution in [3.05, 3.63) is 245 Å². The summed E-state index contributed by atoms with van der Waals surface area (Å²) in [6.07, 6.45) is 18.2. The van der Waals surface area contributed by atoms with Gasteiger partial charge in [0.1, 0.15) is 22.7 Å². The van der Waals surface area contributed by atoms with Crippen LogP contribution in [0.4, 0.5) is 34.1 Å². The van der Waals surface area contributed by atoms with Gasteiger partial charge in [-0.05, 0) is 187 Å². The van der Waals surface area contributed by atoms with E-state index in [1.807, 2.05) is 126 Å². The average Bonchev–Trinajstić information content (AvgIpc) is 3.74. The molecule has 0 spiro atoms. The van der Waals surface area contributed by atoms with Gasteiger partial charge < -0.3 is 28.7 Å². The molecule has 8 rings (SSSR count). The number of esters is 2. The Morgan fingerprint density at radius 3 is 1.11 bits per heavy atom. The van der Waals surface area contributed by atoms with E-state index in [-0.39, 0.29) is 11.9 Å². The number of halogens is 1. The van der Waals surface area contributed by atoms with Crippen LogP contribution >= 0.6 is 15.9 Å². The molecule has 0 fully saturated rings. The predicted molar refractivity (Wildman–Crippen MR) is 371 cm³/mol. The number of carbonyl (C=O) groups is 4. The first-order chi connectivity index (χ1) is 43.0. The van der Waals surface area contributed by atoms with Gasteiger partial charge in [0, 0.05) is 51.4 Å². The Labute approximate surface area is 537 Å². The summed E-state index contributed by atoms with van der Waals surface area (Å²) >= 11 is 3.37. The first-order valence-corrected chi connectivity index (χ1v) is 31.7. The lowest BCUT2D eigenvalue weighted by Crippen LogP contribution is -2.23. The van der Waals surface area contributed by atoms with Crippen molar-refractivity contribution in [2.75, 3.05) is 23.0 Å². The van der Waals surface area contributed by atoms with Crippen molar-refractivity contribution in [3.63, 3.8) is 0 Å². The molecule has 89 heavy (non-hydrogen) atoms. The van der Waals surface area contributed by atoms with Crippen molar-refractivity contribution in [2.24, 2.45) is 0 Å². The molecule has 0 N–H and O–H groups in total. The van der Waals surface area contributed by atoms with Crippen LogP contribution in [0.3, 0.4) is 0 Å². The highest BCUT2D eigenvalue weighted by Crippen LogP contribution is 2.36. The Kier molecular flexibility index (Phi) is 28.9. The summed E-state index contributed by atoms with van der Waals surface area (Å²) < 4.78 is 23.2. The fourth-order valence-corrected chi connectivity index (χ4v) is 9.79. The molecule has 11 heteroatoms. The fraction of sp³-hybridized carbons (Fsp3) is 0.282. The van der Waals surface area contributed by atoms with Crippen molar-refractivity contribution < 1.29 is 38.1 Å². The zero-order valence-corrected chi connectivity index (χ0v) is 54.2. The molecule has 464 valence electrons. The lowest BCUT2D eigenvalue weighted by molar-refractivity contribution is -0.156. The summed E-state index contributed by atoms with van der Waals surface area (Å²) in [6, 6.07) is 69.4. The second-order valence-electron chi connectivity index (χ2n) is 23.4. The van der Waals surface area contributed by atoms with Gasteiger partial charge in [-0.15, -0.1) is 0 Å². The Bertz CT molecular complexity index is 3340. The van der Waals surface area contributed by atoms with E-state index in [1.54, 1.807) is 12.1 Å². The molecule has 10 nitrogen and oxygen atoms in total. The molecular weight excluding hydrogens is 1170 g/mol. The highest BCUT2D eigenvalue weighted by molar-refractivity contribution is 9.10. The van der Waals surface area contributed by atoms with E-state index >= 15 is 0 Å². The van der Waals surface area contributed by atoms with E-state index in [1.165, 1.54) is 0 Å². The summed E-state index contributed by atoms with van der Waals surface area (Å²) in [5.41, 5.74) is 10.2. The minimum atomic E-state index is -0.429. The third kappa shape index (κ3) is 25.4. The van der Waals surface area contributed by atoms with Gasteiger partial charge in [-0.3, -0.25) is 19.2 Å². The van der Waals surface area contributed by atoms with Gasteiger partial charge in [0.15, 0.2) is 12.6 Å². The average molecular weight is 1260 g/mol. The minimum absolute atomic E-state index is 0.123. The molecule has 0 amide bonds. The maximum Gasteiger partial charge on any atom is 0.306 e.